The smallest absolute Gasteiger partial charge is 0.238 e. The normalized spacial score (nSPS) is 10.6. The number of rotatable bonds is 6. The minimum absolute atomic E-state index is 0.141. The van der Waals surface area contributed by atoms with Crippen LogP contribution in [0.5, 0.6) is 5.75 Å². The molecule has 4 nitrogen and oxygen atoms in total. The predicted octanol–water partition coefficient (Wildman–Crippen LogP) is 3.28. The second kappa shape index (κ2) is 7.58. The van der Waals surface area contributed by atoms with E-state index < -0.39 is 0 Å². The van der Waals surface area contributed by atoms with Crippen molar-refractivity contribution in [1.29, 1.82) is 0 Å². The molecule has 0 saturated heterocycles. The van der Waals surface area contributed by atoms with Crippen LogP contribution in [0.1, 0.15) is 13.8 Å². The van der Waals surface area contributed by atoms with Gasteiger partial charge in [0.2, 0.25) is 5.91 Å². The number of nitrogens with one attached hydrogen (secondary N) is 1. The number of hydrogen-bond acceptors (Lipinski definition) is 3. The van der Waals surface area contributed by atoms with E-state index in [0.717, 1.165) is 13.1 Å². The average Bonchev–Trinajstić information content (AvgIpc) is 2.39. The first-order valence-electron chi connectivity index (χ1n) is 6.07. The summed E-state index contributed by atoms with van der Waals surface area (Å²) in [5, 5.41) is 3.45. The van der Waals surface area contributed by atoms with Crippen LogP contribution in [0.25, 0.3) is 0 Å². The van der Waals surface area contributed by atoms with Gasteiger partial charge >= 0.3 is 0 Å². The van der Waals surface area contributed by atoms with Crippen molar-refractivity contribution in [3.8, 4) is 5.75 Å². The molecule has 106 valence electrons. The first kappa shape index (κ1) is 16.1. The van der Waals surface area contributed by atoms with Crippen LogP contribution in [-0.4, -0.2) is 37.6 Å². The molecular formula is C13H18Cl2N2O2. The van der Waals surface area contributed by atoms with Crippen LogP contribution < -0.4 is 10.1 Å². The van der Waals surface area contributed by atoms with Gasteiger partial charge in [0.05, 0.1) is 29.4 Å². The van der Waals surface area contributed by atoms with Crippen molar-refractivity contribution in [3.63, 3.8) is 0 Å². The zero-order valence-electron chi connectivity index (χ0n) is 11.3. The number of nitrogens with zero attached hydrogens (tertiary/aromatic N) is 1. The molecule has 0 radical (unpaired) electrons. The third-order valence-electron chi connectivity index (χ3n) is 2.78. The van der Waals surface area contributed by atoms with Gasteiger partial charge in [0.15, 0.2) is 0 Å². The van der Waals surface area contributed by atoms with Crippen molar-refractivity contribution < 1.29 is 9.53 Å². The second-order valence-electron chi connectivity index (χ2n) is 3.98. The zero-order valence-corrected chi connectivity index (χ0v) is 12.8. The number of hydrogen-bond donors (Lipinski definition) is 1. The number of methoxy groups -OCH3 is 1. The predicted molar refractivity (Wildman–Crippen MR) is 79.4 cm³/mol. The van der Waals surface area contributed by atoms with Gasteiger partial charge in [-0.1, -0.05) is 37.0 Å². The number of amides is 1. The summed E-state index contributed by atoms with van der Waals surface area (Å²) >= 11 is 12.1. The Bertz CT molecular complexity index is 425. The lowest BCUT2D eigenvalue weighted by atomic mass is 10.3. The van der Waals surface area contributed by atoms with Gasteiger partial charge in [-0.05, 0) is 13.1 Å². The number of ether oxygens (including phenoxy) is 1. The van der Waals surface area contributed by atoms with E-state index in [4.69, 9.17) is 27.9 Å². The van der Waals surface area contributed by atoms with Crippen LogP contribution in [0.4, 0.5) is 5.69 Å². The van der Waals surface area contributed by atoms with Crippen molar-refractivity contribution in [2.75, 3.05) is 32.1 Å². The summed E-state index contributed by atoms with van der Waals surface area (Å²) in [6, 6.07) is 3.22. The van der Waals surface area contributed by atoms with Crippen molar-refractivity contribution in [2.45, 2.75) is 13.8 Å². The highest BCUT2D eigenvalue weighted by Crippen LogP contribution is 2.34. The molecule has 1 N–H and O–H groups in total. The summed E-state index contributed by atoms with van der Waals surface area (Å²) in [7, 11) is 1.53. The number of likely N-dealkylation sites (N-methyl/N-ethyl adjacent to an activating group) is 1. The summed E-state index contributed by atoms with van der Waals surface area (Å²) in [6.45, 7) is 5.95. The highest BCUT2D eigenvalue weighted by molar-refractivity contribution is 6.40. The molecule has 0 aromatic heterocycles. The van der Waals surface area contributed by atoms with Gasteiger partial charge in [0, 0.05) is 12.1 Å². The van der Waals surface area contributed by atoms with Crippen LogP contribution >= 0.6 is 23.2 Å². The van der Waals surface area contributed by atoms with Gasteiger partial charge in [0.1, 0.15) is 5.75 Å². The Morgan fingerprint density at radius 2 is 1.79 bits per heavy atom. The number of carbonyl (C=O) groups is 1. The second-order valence-corrected chi connectivity index (χ2v) is 4.79. The van der Waals surface area contributed by atoms with E-state index in [9.17, 15) is 4.79 Å². The van der Waals surface area contributed by atoms with Gasteiger partial charge in [-0.15, -0.1) is 0 Å². The van der Waals surface area contributed by atoms with Crippen molar-refractivity contribution in [2.24, 2.45) is 0 Å². The quantitative estimate of drug-likeness (QED) is 0.877. The summed E-state index contributed by atoms with van der Waals surface area (Å²) in [5.41, 5.74) is 0.418. The largest absolute Gasteiger partial charge is 0.497 e. The monoisotopic (exact) mass is 304 g/mol. The van der Waals surface area contributed by atoms with E-state index in [1.54, 1.807) is 12.1 Å². The molecule has 1 amide bonds. The Kier molecular flexibility index (Phi) is 6.42. The van der Waals surface area contributed by atoms with Crippen LogP contribution in [0.3, 0.4) is 0 Å². The summed E-state index contributed by atoms with van der Waals surface area (Å²) in [6.07, 6.45) is 0. The number of carbonyl (C=O) groups excluding carboxylic acids is 1. The Labute approximate surface area is 123 Å². The first-order chi connectivity index (χ1) is 9.01. The summed E-state index contributed by atoms with van der Waals surface area (Å²) in [4.78, 5) is 13.9. The minimum atomic E-state index is -0.141. The van der Waals surface area contributed by atoms with Gasteiger partial charge in [-0.3, -0.25) is 9.69 Å². The number of benzene rings is 1. The molecule has 1 rings (SSSR count). The molecular weight excluding hydrogens is 287 g/mol. The van der Waals surface area contributed by atoms with E-state index in [1.807, 2.05) is 18.7 Å². The van der Waals surface area contributed by atoms with Crippen LogP contribution in [0, 0.1) is 0 Å². The maximum atomic E-state index is 11.9. The van der Waals surface area contributed by atoms with Gasteiger partial charge in [-0.2, -0.15) is 0 Å². The number of halogens is 2. The fraction of sp³-hybridized carbons (Fsp3) is 0.462. The Hall–Kier alpha value is -0.970. The molecule has 0 aliphatic carbocycles. The minimum Gasteiger partial charge on any atom is -0.497 e. The van der Waals surface area contributed by atoms with Crippen LogP contribution in [0.2, 0.25) is 10.0 Å². The maximum absolute atomic E-state index is 11.9. The van der Waals surface area contributed by atoms with E-state index in [-0.39, 0.29) is 5.91 Å². The molecule has 0 saturated carbocycles. The van der Waals surface area contributed by atoms with E-state index in [2.05, 4.69) is 5.32 Å². The Morgan fingerprint density at radius 3 is 2.21 bits per heavy atom. The topological polar surface area (TPSA) is 41.6 Å². The van der Waals surface area contributed by atoms with Gasteiger partial charge in [-0.25, -0.2) is 0 Å². The van der Waals surface area contributed by atoms with Crippen LogP contribution in [-0.2, 0) is 4.79 Å². The molecule has 0 fully saturated rings. The Morgan fingerprint density at radius 1 is 1.26 bits per heavy atom. The van der Waals surface area contributed by atoms with Gasteiger partial charge < -0.3 is 10.1 Å². The maximum Gasteiger partial charge on any atom is 0.238 e. The lowest BCUT2D eigenvalue weighted by Crippen LogP contribution is -2.33. The van der Waals surface area contributed by atoms with E-state index in [0.29, 0.717) is 28.0 Å². The first-order valence-corrected chi connectivity index (χ1v) is 6.82. The molecule has 0 aliphatic heterocycles. The van der Waals surface area contributed by atoms with Crippen molar-refractivity contribution in [3.05, 3.63) is 22.2 Å². The van der Waals surface area contributed by atoms with Crippen LogP contribution in [0.15, 0.2) is 12.1 Å². The average molecular weight is 305 g/mol. The van der Waals surface area contributed by atoms with Crippen molar-refractivity contribution in [1.82, 2.24) is 4.90 Å². The zero-order chi connectivity index (χ0) is 14.4. The standard InChI is InChI=1S/C13H18Cl2N2O2/c1-4-17(5-2)8-12(18)16-13-10(14)6-9(19-3)7-11(13)15/h6-7H,4-5,8H2,1-3H3,(H,16,18). The summed E-state index contributed by atoms with van der Waals surface area (Å²) in [5.74, 6) is 0.411. The molecule has 0 spiro atoms. The Balaban J connectivity index is 2.79. The third-order valence-corrected chi connectivity index (χ3v) is 3.37. The molecule has 6 heteroatoms. The fourth-order valence-corrected chi connectivity index (χ4v) is 2.18. The van der Waals surface area contributed by atoms with E-state index >= 15 is 0 Å². The molecule has 0 bridgehead atoms. The van der Waals surface area contributed by atoms with Crippen molar-refractivity contribution >= 4 is 34.8 Å². The molecule has 0 unspecified atom stereocenters. The SMILES string of the molecule is CCN(CC)CC(=O)Nc1c(Cl)cc(OC)cc1Cl. The highest BCUT2D eigenvalue weighted by Gasteiger charge is 2.13. The van der Waals surface area contributed by atoms with E-state index in [1.165, 1.54) is 7.11 Å². The lowest BCUT2D eigenvalue weighted by molar-refractivity contribution is -0.117. The molecule has 1 aromatic rings. The molecule has 0 atom stereocenters. The molecule has 1 aromatic carbocycles. The van der Waals surface area contributed by atoms with Gasteiger partial charge in [0.25, 0.3) is 0 Å². The lowest BCUT2D eigenvalue weighted by Gasteiger charge is -2.18. The molecule has 19 heavy (non-hydrogen) atoms. The summed E-state index contributed by atoms with van der Waals surface area (Å²) < 4.78 is 5.05. The highest BCUT2D eigenvalue weighted by atomic mass is 35.5. The fourth-order valence-electron chi connectivity index (χ4n) is 1.62. The molecule has 0 heterocycles. The number of anilines is 1. The third kappa shape index (κ3) is 4.56. The molecule has 0 aliphatic rings.